The Labute approximate surface area is 148 Å². The largest absolute Gasteiger partial charge is 0.324 e. The zero-order valence-corrected chi connectivity index (χ0v) is 15.0. The third-order valence-corrected chi connectivity index (χ3v) is 4.96. The summed E-state index contributed by atoms with van der Waals surface area (Å²) in [6.07, 6.45) is 0.826. The van der Waals surface area contributed by atoms with Crippen molar-refractivity contribution in [2.75, 3.05) is 5.32 Å². The van der Waals surface area contributed by atoms with Crippen molar-refractivity contribution in [2.24, 2.45) is 5.92 Å². The van der Waals surface area contributed by atoms with E-state index in [9.17, 15) is 9.59 Å². The van der Waals surface area contributed by atoms with Gasteiger partial charge in [-0.1, -0.05) is 56.2 Å². The number of aryl methyl sites for hydroxylation is 1. The molecule has 2 amide bonds. The Bertz CT molecular complexity index is 783. The number of carbonyl (C=O) groups is 2. The van der Waals surface area contributed by atoms with Crippen molar-refractivity contribution in [1.82, 2.24) is 4.90 Å². The van der Waals surface area contributed by atoms with Crippen molar-refractivity contribution in [3.63, 3.8) is 0 Å². The highest BCUT2D eigenvalue weighted by Gasteiger charge is 2.38. The summed E-state index contributed by atoms with van der Waals surface area (Å²) >= 11 is 0. The Morgan fingerprint density at radius 3 is 2.48 bits per heavy atom. The van der Waals surface area contributed by atoms with E-state index in [1.807, 2.05) is 69.3 Å². The third-order valence-electron chi connectivity index (χ3n) is 4.96. The molecule has 2 aromatic rings. The van der Waals surface area contributed by atoms with Crippen molar-refractivity contribution in [1.29, 1.82) is 0 Å². The molecule has 0 spiro atoms. The lowest BCUT2D eigenvalue weighted by Crippen LogP contribution is -2.48. The summed E-state index contributed by atoms with van der Waals surface area (Å²) in [4.78, 5) is 27.5. The maximum Gasteiger partial charge on any atom is 0.255 e. The Morgan fingerprint density at radius 2 is 1.84 bits per heavy atom. The van der Waals surface area contributed by atoms with Crippen LogP contribution in [0.25, 0.3) is 0 Å². The van der Waals surface area contributed by atoms with Crippen LogP contribution in [0.15, 0.2) is 48.5 Å². The number of fused-ring (bicyclic) bond motifs is 1. The topological polar surface area (TPSA) is 49.4 Å². The van der Waals surface area contributed by atoms with Gasteiger partial charge >= 0.3 is 0 Å². The van der Waals surface area contributed by atoms with Crippen molar-refractivity contribution in [3.05, 3.63) is 65.2 Å². The minimum absolute atomic E-state index is 0.0556. The van der Waals surface area contributed by atoms with Gasteiger partial charge in [0.2, 0.25) is 5.91 Å². The van der Waals surface area contributed by atoms with Crippen molar-refractivity contribution in [3.8, 4) is 0 Å². The van der Waals surface area contributed by atoms with Gasteiger partial charge in [-0.2, -0.15) is 0 Å². The fourth-order valence-corrected chi connectivity index (χ4v) is 3.29. The van der Waals surface area contributed by atoms with Gasteiger partial charge in [0.15, 0.2) is 0 Å². The van der Waals surface area contributed by atoms with E-state index in [4.69, 9.17) is 0 Å². The molecule has 2 atom stereocenters. The second-order valence-electron chi connectivity index (χ2n) is 6.78. The SMILES string of the molecule is CC[C@H](C)[C@@H](C(=O)Nc1ccc(C)cc1)N1Cc2ccccc2C1=O. The first-order valence-electron chi connectivity index (χ1n) is 8.77. The highest BCUT2D eigenvalue weighted by Crippen LogP contribution is 2.28. The normalized spacial score (nSPS) is 15.6. The van der Waals surface area contributed by atoms with Crippen LogP contribution in [0.3, 0.4) is 0 Å². The molecule has 25 heavy (non-hydrogen) atoms. The second kappa shape index (κ2) is 7.09. The van der Waals surface area contributed by atoms with Gasteiger partial charge in [0.05, 0.1) is 0 Å². The second-order valence-corrected chi connectivity index (χ2v) is 6.78. The van der Waals surface area contributed by atoms with E-state index < -0.39 is 6.04 Å². The summed E-state index contributed by atoms with van der Waals surface area (Å²) in [5.74, 6) is -0.108. The minimum atomic E-state index is -0.480. The first-order valence-corrected chi connectivity index (χ1v) is 8.77. The Kier molecular flexibility index (Phi) is 4.88. The maximum absolute atomic E-state index is 13.0. The first kappa shape index (κ1) is 17.2. The summed E-state index contributed by atoms with van der Waals surface area (Å²) < 4.78 is 0. The minimum Gasteiger partial charge on any atom is -0.324 e. The number of rotatable bonds is 5. The predicted molar refractivity (Wildman–Crippen MR) is 99.4 cm³/mol. The average Bonchev–Trinajstić information content (AvgIpc) is 2.94. The van der Waals surface area contributed by atoms with Crippen molar-refractivity contribution < 1.29 is 9.59 Å². The lowest BCUT2D eigenvalue weighted by Gasteiger charge is -2.31. The molecule has 0 saturated heterocycles. The number of carbonyl (C=O) groups excluding carboxylic acids is 2. The highest BCUT2D eigenvalue weighted by molar-refractivity contribution is 6.03. The quantitative estimate of drug-likeness (QED) is 0.897. The third kappa shape index (κ3) is 3.43. The zero-order valence-electron chi connectivity index (χ0n) is 15.0. The zero-order chi connectivity index (χ0) is 18.0. The van der Waals surface area contributed by atoms with Crippen molar-refractivity contribution in [2.45, 2.75) is 39.8 Å². The Balaban J connectivity index is 1.84. The van der Waals surface area contributed by atoms with Crippen LogP contribution >= 0.6 is 0 Å². The van der Waals surface area contributed by atoms with E-state index in [0.717, 1.165) is 23.2 Å². The van der Waals surface area contributed by atoms with Gasteiger partial charge in [-0.3, -0.25) is 9.59 Å². The van der Waals surface area contributed by atoms with Gasteiger partial charge in [-0.15, -0.1) is 0 Å². The number of benzene rings is 2. The first-order chi connectivity index (χ1) is 12.0. The molecule has 0 saturated carbocycles. The molecule has 0 aromatic heterocycles. The van der Waals surface area contributed by atoms with Crippen LogP contribution in [0.4, 0.5) is 5.69 Å². The number of amides is 2. The van der Waals surface area contributed by atoms with Crippen LogP contribution in [-0.2, 0) is 11.3 Å². The van der Waals surface area contributed by atoms with Crippen LogP contribution in [-0.4, -0.2) is 22.8 Å². The maximum atomic E-state index is 13.0. The molecular weight excluding hydrogens is 312 g/mol. The molecule has 0 radical (unpaired) electrons. The molecule has 0 fully saturated rings. The number of hydrogen-bond donors (Lipinski definition) is 1. The van der Waals surface area contributed by atoms with Crippen LogP contribution in [0.1, 0.15) is 41.8 Å². The van der Waals surface area contributed by atoms with Crippen LogP contribution in [0.2, 0.25) is 0 Å². The van der Waals surface area contributed by atoms with Gasteiger partial charge in [0, 0.05) is 17.8 Å². The number of nitrogens with zero attached hydrogens (tertiary/aromatic N) is 1. The van der Waals surface area contributed by atoms with Crippen LogP contribution in [0, 0.1) is 12.8 Å². The van der Waals surface area contributed by atoms with Gasteiger partial charge in [-0.05, 0) is 36.6 Å². The number of nitrogens with one attached hydrogen (secondary N) is 1. The molecule has 0 unspecified atom stereocenters. The summed E-state index contributed by atoms with van der Waals surface area (Å²) in [6, 6.07) is 14.8. The van der Waals surface area contributed by atoms with Gasteiger partial charge in [0.25, 0.3) is 5.91 Å². The molecule has 1 heterocycles. The Morgan fingerprint density at radius 1 is 1.16 bits per heavy atom. The lowest BCUT2D eigenvalue weighted by atomic mass is 9.96. The van der Waals surface area contributed by atoms with Gasteiger partial charge < -0.3 is 10.2 Å². The smallest absolute Gasteiger partial charge is 0.255 e. The summed E-state index contributed by atoms with van der Waals surface area (Å²) in [5, 5.41) is 2.98. The fraction of sp³-hybridized carbons (Fsp3) is 0.333. The molecule has 1 aliphatic rings. The summed E-state index contributed by atoms with van der Waals surface area (Å²) in [7, 11) is 0. The number of anilines is 1. The average molecular weight is 336 g/mol. The summed E-state index contributed by atoms with van der Waals surface area (Å²) in [6.45, 7) is 6.57. The molecule has 2 aromatic carbocycles. The standard InChI is InChI=1S/C21H24N2O2/c1-4-15(3)19(20(24)22-17-11-9-14(2)10-12-17)23-13-16-7-5-6-8-18(16)21(23)25/h5-12,15,19H,4,13H2,1-3H3,(H,22,24)/t15-,19-/m0/s1. The molecule has 1 N–H and O–H groups in total. The Hall–Kier alpha value is -2.62. The molecule has 4 nitrogen and oxygen atoms in total. The molecular formula is C21H24N2O2. The molecule has 4 heteroatoms. The van der Waals surface area contributed by atoms with Gasteiger partial charge in [-0.25, -0.2) is 0 Å². The molecule has 1 aliphatic heterocycles. The summed E-state index contributed by atoms with van der Waals surface area (Å²) in [5.41, 5.74) is 3.59. The van der Waals surface area contributed by atoms with Crippen LogP contribution < -0.4 is 5.32 Å². The van der Waals surface area contributed by atoms with Crippen LogP contribution in [0.5, 0.6) is 0 Å². The van der Waals surface area contributed by atoms with Crippen molar-refractivity contribution >= 4 is 17.5 Å². The van der Waals surface area contributed by atoms with Gasteiger partial charge in [0.1, 0.15) is 6.04 Å². The van der Waals surface area contributed by atoms with E-state index in [1.165, 1.54) is 0 Å². The van der Waals surface area contributed by atoms with E-state index in [-0.39, 0.29) is 17.7 Å². The fourth-order valence-electron chi connectivity index (χ4n) is 3.29. The van der Waals surface area contributed by atoms with E-state index in [1.54, 1.807) is 4.90 Å². The molecule has 0 aliphatic carbocycles. The van der Waals surface area contributed by atoms with E-state index in [2.05, 4.69) is 5.32 Å². The van der Waals surface area contributed by atoms with E-state index in [0.29, 0.717) is 12.1 Å². The monoisotopic (exact) mass is 336 g/mol. The lowest BCUT2D eigenvalue weighted by molar-refractivity contribution is -0.122. The van der Waals surface area contributed by atoms with E-state index >= 15 is 0 Å². The number of hydrogen-bond acceptors (Lipinski definition) is 2. The molecule has 3 rings (SSSR count). The molecule has 130 valence electrons. The molecule has 0 bridgehead atoms. The highest BCUT2D eigenvalue weighted by atomic mass is 16.2. The predicted octanol–water partition coefficient (Wildman–Crippen LogP) is 4.00.